The van der Waals surface area contributed by atoms with Crippen molar-refractivity contribution in [1.29, 1.82) is 0 Å². The average molecular weight is 424 g/mol. The molecular formula is C19H37NO9. The van der Waals surface area contributed by atoms with Gasteiger partial charge in [0.15, 0.2) is 6.10 Å². The van der Waals surface area contributed by atoms with E-state index >= 15 is 0 Å². The van der Waals surface area contributed by atoms with Gasteiger partial charge in [-0.25, -0.2) is 4.79 Å². The number of hydrogen-bond donors (Lipinski definition) is 3. The van der Waals surface area contributed by atoms with Crippen molar-refractivity contribution in [3.05, 3.63) is 0 Å². The Balaban J connectivity index is 0. The smallest absolute Gasteiger partial charge is 0.342 e. The van der Waals surface area contributed by atoms with Crippen LogP contribution in [0.1, 0.15) is 47.0 Å². The zero-order chi connectivity index (χ0) is 23.4. The highest BCUT2D eigenvalue weighted by molar-refractivity contribution is 5.88. The van der Waals surface area contributed by atoms with Gasteiger partial charge in [-0.05, 0) is 27.2 Å². The Morgan fingerprint density at radius 2 is 1.66 bits per heavy atom. The number of carboxylic acid groups (broad SMARTS) is 1. The van der Waals surface area contributed by atoms with E-state index in [-0.39, 0.29) is 25.9 Å². The molecule has 0 saturated carbocycles. The maximum Gasteiger partial charge on any atom is 0.342 e. The van der Waals surface area contributed by atoms with Crippen LogP contribution < -0.4 is 5.11 Å². The van der Waals surface area contributed by atoms with Gasteiger partial charge >= 0.3 is 11.9 Å². The van der Waals surface area contributed by atoms with Crippen molar-refractivity contribution < 1.29 is 48.8 Å². The lowest BCUT2D eigenvalue weighted by Crippen LogP contribution is -2.46. The summed E-state index contributed by atoms with van der Waals surface area (Å²) in [6.07, 6.45) is -2.86. The second-order valence-corrected chi connectivity index (χ2v) is 8.52. The maximum absolute atomic E-state index is 12.0. The molecule has 0 heterocycles. The molecule has 0 aliphatic rings. The zero-order valence-electron chi connectivity index (χ0n) is 18.5. The summed E-state index contributed by atoms with van der Waals surface area (Å²) in [5.74, 6) is -3.04. The van der Waals surface area contributed by atoms with Crippen molar-refractivity contribution in [2.24, 2.45) is 0 Å². The minimum atomic E-state index is -1.29. The SMILES string of the molecule is CC(O)CO.CCC(OC(CC(=O)[O-])C[N+](C)(C)C)C(=O)OC(=O)CC(C)(C)O. The van der Waals surface area contributed by atoms with E-state index in [4.69, 9.17) is 14.9 Å². The van der Waals surface area contributed by atoms with E-state index in [0.717, 1.165) is 0 Å². The zero-order valence-corrected chi connectivity index (χ0v) is 18.5. The van der Waals surface area contributed by atoms with Crippen LogP contribution in [0.4, 0.5) is 0 Å². The van der Waals surface area contributed by atoms with Crippen molar-refractivity contribution in [2.45, 2.75) is 70.9 Å². The molecule has 29 heavy (non-hydrogen) atoms. The summed E-state index contributed by atoms with van der Waals surface area (Å²) in [6.45, 7) is 6.23. The van der Waals surface area contributed by atoms with Crippen molar-refractivity contribution in [2.75, 3.05) is 34.3 Å². The number of likely N-dealkylation sites (N-methyl/N-ethyl adjacent to an activating group) is 1. The predicted molar refractivity (Wildman–Crippen MR) is 102 cm³/mol. The van der Waals surface area contributed by atoms with Gasteiger partial charge in [-0.2, -0.15) is 0 Å². The van der Waals surface area contributed by atoms with Crippen LogP contribution >= 0.6 is 0 Å². The van der Waals surface area contributed by atoms with Gasteiger partial charge in [-0.3, -0.25) is 4.79 Å². The van der Waals surface area contributed by atoms with Crippen molar-refractivity contribution >= 4 is 17.9 Å². The van der Waals surface area contributed by atoms with Gasteiger partial charge in [0.05, 0.1) is 45.9 Å². The fourth-order valence-electron chi connectivity index (χ4n) is 2.07. The Bertz CT molecular complexity index is 507. The summed E-state index contributed by atoms with van der Waals surface area (Å²) in [7, 11) is 5.58. The summed E-state index contributed by atoms with van der Waals surface area (Å²) in [5, 5.41) is 36.4. The standard InChI is InChI=1S/C16H29NO7.C3H8O2/c1-7-12(15(21)24-14(20)9-16(2,3)22)23-11(8-13(18)19)10-17(4,5)6;1-3(5)2-4/h11-12,22H,7-10H2,1-6H3;3-5H,2H2,1H3. The quantitative estimate of drug-likeness (QED) is 0.206. The van der Waals surface area contributed by atoms with Crippen LogP contribution in [0.5, 0.6) is 0 Å². The number of carbonyl (C=O) groups is 3. The van der Waals surface area contributed by atoms with Gasteiger partial charge in [0.25, 0.3) is 0 Å². The molecule has 3 unspecified atom stereocenters. The van der Waals surface area contributed by atoms with E-state index < -0.39 is 41.8 Å². The number of carboxylic acids is 1. The molecule has 0 saturated heterocycles. The van der Waals surface area contributed by atoms with Crippen LogP contribution in [0, 0.1) is 0 Å². The second kappa shape index (κ2) is 13.6. The number of esters is 2. The fourth-order valence-corrected chi connectivity index (χ4v) is 2.07. The highest BCUT2D eigenvalue weighted by Crippen LogP contribution is 2.13. The average Bonchev–Trinajstić information content (AvgIpc) is 2.48. The first-order chi connectivity index (χ1) is 13.0. The lowest BCUT2D eigenvalue weighted by Gasteiger charge is -2.31. The van der Waals surface area contributed by atoms with Gasteiger partial charge in [0.1, 0.15) is 12.6 Å². The van der Waals surface area contributed by atoms with Crippen LogP contribution in [-0.4, -0.2) is 95.9 Å². The van der Waals surface area contributed by atoms with E-state index in [1.165, 1.54) is 20.8 Å². The van der Waals surface area contributed by atoms with Crippen molar-refractivity contribution in [1.82, 2.24) is 0 Å². The number of nitrogens with zero attached hydrogens (tertiary/aromatic N) is 1. The molecule has 0 rings (SSSR count). The summed E-state index contributed by atoms with van der Waals surface area (Å²) < 4.78 is 10.7. The van der Waals surface area contributed by atoms with Gasteiger partial charge < -0.3 is 39.2 Å². The Morgan fingerprint density at radius 1 is 1.17 bits per heavy atom. The Morgan fingerprint density at radius 3 is 1.97 bits per heavy atom. The number of aliphatic carboxylic acids is 1. The molecule has 0 aliphatic heterocycles. The first kappa shape index (κ1) is 29.6. The highest BCUT2D eigenvalue weighted by atomic mass is 16.6. The molecule has 0 fully saturated rings. The lowest BCUT2D eigenvalue weighted by atomic mass is 10.1. The second-order valence-electron chi connectivity index (χ2n) is 8.52. The van der Waals surface area contributed by atoms with Crippen molar-refractivity contribution in [3.63, 3.8) is 0 Å². The third kappa shape index (κ3) is 19.5. The molecule has 172 valence electrons. The summed E-state index contributed by atoms with van der Waals surface area (Å²) in [4.78, 5) is 34.5. The van der Waals surface area contributed by atoms with Gasteiger partial charge in [0, 0.05) is 12.4 Å². The number of rotatable bonds is 11. The van der Waals surface area contributed by atoms with Crippen LogP contribution in [0.25, 0.3) is 0 Å². The Kier molecular flexibility index (Phi) is 13.9. The van der Waals surface area contributed by atoms with E-state index in [0.29, 0.717) is 11.0 Å². The first-order valence-electron chi connectivity index (χ1n) is 9.42. The molecule has 0 aromatic carbocycles. The monoisotopic (exact) mass is 423 g/mol. The topological polar surface area (TPSA) is 153 Å². The van der Waals surface area contributed by atoms with Gasteiger partial charge in [-0.1, -0.05) is 6.92 Å². The van der Waals surface area contributed by atoms with Crippen LogP contribution in [0.2, 0.25) is 0 Å². The number of carbonyl (C=O) groups excluding carboxylic acids is 3. The number of aliphatic hydroxyl groups is 3. The molecule has 0 aliphatic carbocycles. The van der Waals surface area contributed by atoms with E-state index in [1.807, 2.05) is 21.1 Å². The molecule has 0 aromatic heterocycles. The number of aliphatic hydroxyl groups excluding tert-OH is 2. The largest absolute Gasteiger partial charge is 0.550 e. The highest BCUT2D eigenvalue weighted by Gasteiger charge is 2.29. The third-order valence-electron chi connectivity index (χ3n) is 3.19. The third-order valence-corrected chi connectivity index (χ3v) is 3.19. The van der Waals surface area contributed by atoms with Crippen LogP contribution in [0.3, 0.4) is 0 Å². The van der Waals surface area contributed by atoms with Crippen LogP contribution in [-0.2, 0) is 23.9 Å². The molecule has 0 spiro atoms. The molecule has 0 radical (unpaired) electrons. The normalized spacial score (nSPS) is 14.8. The summed E-state index contributed by atoms with van der Waals surface area (Å²) in [6, 6.07) is 0. The number of quaternary nitrogens is 1. The minimum Gasteiger partial charge on any atom is -0.550 e. The first-order valence-corrected chi connectivity index (χ1v) is 9.42. The predicted octanol–water partition coefficient (Wildman–Crippen LogP) is -1.41. The van der Waals surface area contributed by atoms with E-state index in [1.54, 1.807) is 6.92 Å². The minimum absolute atomic E-state index is 0.139. The fraction of sp³-hybridized carbons (Fsp3) is 0.842. The summed E-state index contributed by atoms with van der Waals surface area (Å²) >= 11 is 0. The maximum atomic E-state index is 12.0. The van der Waals surface area contributed by atoms with E-state index in [9.17, 15) is 24.6 Å². The molecular weight excluding hydrogens is 386 g/mol. The Hall–Kier alpha value is -1.59. The molecule has 3 atom stereocenters. The molecule has 0 amide bonds. The molecule has 0 aromatic rings. The molecule has 3 N–H and O–H groups in total. The van der Waals surface area contributed by atoms with Crippen molar-refractivity contribution in [3.8, 4) is 0 Å². The van der Waals surface area contributed by atoms with Crippen LogP contribution in [0.15, 0.2) is 0 Å². The molecule has 10 nitrogen and oxygen atoms in total. The van der Waals surface area contributed by atoms with Gasteiger partial charge in [-0.15, -0.1) is 0 Å². The molecule has 0 bridgehead atoms. The Labute approximate surface area is 172 Å². The molecule has 10 heteroatoms. The number of hydrogen-bond acceptors (Lipinski definition) is 9. The lowest BCUT2D eigenvalue weighted by molar-refractivity contribution is -0.873. The van der Waals surface area contributed by atoms with E-state index in [2.05, 4.69) is 4.74 Å². The number of ether oxygens (including phenoxy) is 2. The van der Waals surface area contributed by atoms with Gasteiger partial charge in [0.2, 0.25) is 0 Å². The summed E-state index contributed by atoms with van der Waals surface area (Å²) in [5.41, 5.74) is -1.29.